The van der Waals surface area contributed by atoms with E-state index in [1.165, 1.54) is 6.26 Å². The van der Waals surface area contributed by atoms with Gasteiger partial charge in [-0.3, -0.25) is 4.90 Å². The second kappa shape index (κ2) is 7.71. The molecule has 2 aromatic rings. The zero-order valence-corrected chi connectivity index (χ0v) is 16.3. The van der Waals surface area contributed by atoms with E-state index >= 15 is 0 Å². The average Bonchev–Trinajstić information content (AvgIpc) is 3.18. The van der Waals surface area contributed by atoms with E-state index in [1.807, 2.05) is 18.3 Å². The first-order valence-electron chi connectivity index (χ1n) is 9.42. The maximum absolute atomic E-state index is 11.6. The summed E-state index contributed by atoms with van der Waals surface area (Å²) in [6.45, 7) is 4.45. The van der Waals surface area contributed by atoms with Crippen molar-refractivity contribution in [3.05, 3.63) is 36.3 Å². The molecule has 146 valence electrons. The van der Waals surface area contributed by atoms with Crippen LogP contribution >= 0.6 is 0 Å². The fourth-order valence-corrected chi connectivity index (χ4v) is 4.59. The monoisotopic (exact) mass is 390 g/mol. The number of nitrogens with one attached hydrogen (secondary N) is 2. The molecule has 7 nitrogen and oxygen atoms in total. The van der Waals surface area contributed by atoms with Crippen LogP contribution in [0.15, 0.2) is 35.4 Å². The summed E-state index contributed by atoms with van der Waals surface area (Å²) in [5.74, 6) is 0.912. The molecule has 1 unspecified atom stereocenters. The number of nitrogens with zero attached hydrogens (tertiary/aromatic N) is 2. The van der Waals surface area contributed by atoms with Crippen molar-refractivity contribution in [1.82, 2.24) is 20.2 Å². The lowest BCUT2D eigenvalue weighted by Crippen LogP contribution is -2.49. The number of piperidine rings is 1. The number of aromatic nitrogens is 2. The molecule has 4 rings (SSSR count). The van der Waals surface area contributed by atoms with E-state index in [4.69, 9.17) is 4.74 Å². The minimum Gasteiger partial charge on any atom is -0.378 e. The van der Waals surface area contributed by atoms with Gasteiger partial charge in [-0.15, -0.1) is 0 Å². The minimum absolute atomic E-state index is 0.130. The van der Waals surface area contributed by atoms with Crippen LogP contribution in [-0.4, -0.2) is 68.4 Å². The van der Waals surface area contributed by atoms with Gasteiger partial charge >= 0.3 is 0 Å². The summed E-state index contributed by atoms with van der Waals surface area (Å²) in [7, 11) is -3.19. The highest BCUT2D eigenvalue weighted by Crippen LogP contribution is 2.29. The van der Waals surface area contributed by atoms with Crippen molar-refractivity contribution in [2.75, 3.05) is 39.1 Å². The molecule has 0 aliphatic carbocycles. The van der Waals surface area contributed by atoms with Gasteiger partial charge in [-0.05, 0) is 43.6 Å². The quantitative estimate of drug-likeness (QED) is 0.825. The molecule has 3 heterocycles. The zero-order valence-electron chi connectivity index (χ0n) is 15.5. The van der Waals surface area contributed by atoms with Gasteiger partial charge in [0, 0.05) is 18.8 Å². The average molecular weight is 391 g/mol. The van der Waals surface area contributed by atoms with Crippen molar-refractivity contribution in [2.24, 2.45) is 0 Å². The number of hydrogen-bond donors (Lipinski definition) is 2. The molecule has 2 aliphatic rings. The summed E-state index contributed by atoms with van der Waals surface area (Å²) in [6.07, 6.45) is 5.34. The molecule has 1 aromatic carbocycles. The third kappa shape index (κ3) is 4.08. The smallest absolute Gasteiger partial charge is 0.175 e. The Kier molecular flexibility index (Phi) is 5.32. The van der Waals surface area contributed by atoms with Crippen molar-refractivity contribution in [1.29, 1.82) is 0 Å². The summed E-state index contributed by atoms with van der Waals surface area (Å²) in [6, 6.07) is 7.59. The third-order valence-electron chi connectivity index (χ3n) is 5.45. The summed E-state index contributed by atoms with van der Waals surface area (Å²) in [5.41, 5.74) is 1.81. The first-order chi connectivity index (χ1) is 13.0. The Bertz CT molecular complexity index is 873. The fraction of sp³-hybridized carbons (Fsp3) is 0.526. The van der Waals surface area contributed by atoms with Crippen LogP contribution in [0.4, 0.5) is 0 Å². The highest BCUT2D eigenvalue weighted by atomic mass is 32.2. The number of benzene rings is 1. The number of hydrogen-bond acceptors (Lipinski definition) is 6. The van der Waals surface area contributed by atoms with E-state index in [-0.39, 0.29) is 6.04 Å². The Morgan fingerprint density at radius 3 is 2.63 bits per heavy atom. The van der Waals surface area contributed by atoms with Gasteiger partial charge in [0.25, 0.3) is 0 Å². The standard InChI is InChI=1S/C19H26N4O3S/c1-27(24,25)16-4-2-14(3-5-16)17-12-21-19(22-17)18-13-26-11-10-23(18)15-6-8-20-9-7-15/h2-5,12,15,18,20H,6-11,13H2,1H3,(H,21,22). The van der Waals surface area contributed by atoms with E-state index < -0.39 is 9.84 Å². The van der Waals surface area contributed by atoms with Gasteiger partial charge in [0.05, 0.1) is 36.0 Å². The van der Waals surface area contributed by atoms with Crippen molar-refractivity contribution >= 4 is 9.84 Å². The second-order valence-electron chi connectivity index (χ2n) is 7.29. The molecule has 27 heavy (non-hydrogen) atoms. The van der Waals surface area contributed by atoms with Gasteiger partial charge in [-0.2, -0.15) is 0 Å². The van der Waals surface area contributed by atoms with Gasteiger partial charge in [0.1, 0.15) is 5.82 Å². The molecular weight excluding hydrogens is 364 g/mol. The molecular formula is C19H26N4O3S. The van der Waals surface area contributed by atoms with Crippen LogP contribution < -0.4 is 5.32 Å². The molecule has 0 amide bonds. The van der Waals surface area contributed by atoms with Crippen molar-refractivity contribution < 1.29 is 13.2 Å². The normalized spacial score (nSPS) is 22.8. The third-order valence-corrected chi connectivity index (χ3v) is 6.58. The van der Waals surface area contributed by atoms with E-state index in [9.17, 15) is 8.42 Å². The van der Waals surface area contributed by atoms with E-state index in [2.05, 4.69) is 20.2 Å². The topological polar surface area (TPSA) is 87.3 Å². The van der Waals surface area contributed by atoms with E-state index in [0.717, 1.165) is 56.2 Å². The number of rotatable bonds is 4. The molecule has 0 spiro atoms. The number of H-pyrrole nitrogens is 1. The molecule has 8 heteroatoms. The minimum atomic E-state index is -3.19. The summed E-state index contributed by atoms with van der Waals surface area (Å²) < 4.78 is 29.0. The first-order valence-corrected chi connectivity index (χ1v) is 11.3. The van der Waals surface area contributed by atoms with Gasteiger partial charge in [-0.25, -0.2) is 13.4 Å². The first kappa shape index (κ1) is 18.6. The number of aromatic amines is 1. The molecule has 0 bridgehead atoms. The van der Waals surface area contributed by atoms with Crippen LogP contribution in [0, 0.1) is 0 Å². The van der Waals surface area contributed by atoms with Crippen LogP contribution in [0.5, 0.6) is 0 Å². The summed E-state index contributed by atoms with van der Waals surface area (Å²) in [5, 5.41) is 3.42. The van der Waals surface area contributed by atoms with Gasteiger partial charge in [0.15, 0.2) is 9.84 Å². The number of ether oxygens (including phenoxy) is 1. The van der Waals surface area contributed by atoms with Crippen LogP contribution in [0.25, 0.3) is 11.3 Å². The molecule has 2 N–H and O–H groups in total. The van der Waals surface area contributed by atoms with Crippen LogP contribution in [0.3, 0.4) is 0 Å². The Balaban J connectivity index is 1.55. The Labute approximate surface area is 160 Å². The van der Waals surface area contributed by atoms with Crippen LogP contribution in [0.1, 0.15) is 24.7 Å². The second-order valence-corrected chi connectivity index (χ2v) is 9.30. The Morgan fingerprint density at radius 2 is 1.93 bits per heavy atom. The SMILES string of the molecule is CS(=O)(=O)c1ccc(-c2cnc(C3COCCN3C3CCNCC3)[nH]2)cc1. The summed E-state index contributed by atoms with van der Waals surface area (Å²) >= 11 is 0. The van der Waals surface area contributed by atoms with Gasteiger partial charge < -0.3 is 15.0 Å². The highest BCUT2D eigenvalue weighted by Gasteiger charge is 2.33. The highest BCUT2D eigenvalue weighted by molar-refractivity contribution is 7.90. The molecule has 2 saturated heterocycles. The molecule has 1 aromatic heterocycles. The molecule has 0 radical (unpaired) electrons. The van der Waals surface area contributed by atoms with Crippen LogP contribution in [-0.2, 0) is 14.6 Å². The van der Waals surface area contributed by atoms with Crippen molar-refractivity contribution in [3.63, 3.8) is 0 Å². The predicted octanol–water partition coefficient (Wildman–Crippen LogP) is 1.61. The lowest BCUT2D eigenvalue weighted by molar-refractivity contribution is -0.0387. The summed E-state index contributed by atoms with van der Waals surface area (Å²) in [4.78, 5) is 10.9. The molecule has 0 saturated carbocycles. The molecule has 1 atom stereocenters. The van der Waals surface area contributed by atoms with Crippen molar-refractivity contribution in [3.8, 4) is 11.3 Å². The lowest BCUT2D eigenvalue weighted by atomic mass is 10.0. The Hall–Kier alpha value is -1.74. The van der Waals surface area contributed by atoms with Gasteiger partial charge in [-0.1, -0.05) is 12.1 Å². The van der Waals surface area contributed by atoms with Crippen LogP contribution in [0.2, 0.25) is 0 Å². The molecule has 2 aliphatic heterocycles. The number of sulfone groups is 1. The van der Waals surface area contributed by atoms with Gasteiger partial charge in [0.2, 0.25) is 0 Å². The van der Waals surface area contributed by atoms with Crippen molar-refractivity contribution in [2.45, 2.75) is 29.8 Å². The number of imidazole rings is 1. The lowest BCUT2D eigenvalue weighted by Gasteiger charge is -2.41. The Morgan fingerprint density at radius 1 is 1.19 bits per heavy atom. The van der Waals surface area contributed by atoms with E-state index in [0.29, 0.717) is 17.5 Å². The fourth-order valence-electron chi connectivity index (χ4n) is 3.96. The number of morpholine rings is 1. The predicted molar refractivity (Wildman–Crippen MR) is 103 cm³/mol. The zero-order chi connectivity index (χ0) is 18.9. The maximum Gasteiger partial charge on any atom is 0.175 e. The maximum atomic E-state index is 11.6. The largest absolute Gasteiger partial charge is 0.378 e. The van der Waals surface area contributed by atoms with E-state index in [1.54, 1.807) is 12.1 Å². The molecule has 2 fully saturated rings.